The third kappa shape index (κ3) is 5.32. The van der Waals surface area contributed by atoms with E-state index in [1.54, 1.807) is 31.3 Å². The van der Waals surface area contributed by atoms with Crippen molar-refractivity contribution in [3.8, 4) is 0 Å². The second-order valence-electron chi connectivity index (χ2n) is 3.36. The van der Waals surface area contributed by atoms with Gasteiger partial charge >= 0.3 is 0 Å². The molecule has 1 aromatic heterocycles. The standard InChI is InChI=1S/C11H19N3OS/c1-3-5-13-10-8-12-9-11(14-10)16-7-4-6-15-2/h8-9H,3-7H2,1-2H3,(H,13,14). The number of nitrogens with one attached hydrogen (secondary N) is 1. The zero-order valence-electron chi connectivity index (χ0n) is 9.90. The lowest BCUT2D eigenvalue weighted by Crippen LogP contribution is -2.02. The maximum absolute atomic E-state index is 4.99. The Morgan fingerprint density at radius 2 is 2.31 bits per heavy atom. The number of hydrogen-bond acceptors (Lipinski definition) is 5. The lowest BCUT2D eigenvalue weighted by Gasteiger charge is -2.05. The molecule has 0 bridgehead atoms. The van der Waals surface area contributed by atoms with Crippen molar-refractivity contribution in [2.75, 3.05) is 31.3 Å². The summed E-state index contributed by atoms with van der Waals surface area (Å²) >= 11 is 1.71. The van der Waals surface area contributed by atoms with Gasteiger partial charge in [-0.25, -0.2) is 4.98 Å². The van der Waals surface area contributed by atoms with Crippen molar-refractivity contribution in [3.63, 3.8) is 0 Å². The number of nitrogens with zero attached hydrogens (tertiary/aromatic N) is 2. The Morgan fingerprint density at radius 3 is 3.06 bits per heavy atom. The second-order valence-corrected chi connectivity index (χ2v) is 4.48. The molecule has 1 heterocycles. The summed E-state index contributed by atoms with van der Waals surface area (Å²) in [5.74, 6) is 1.87. The lowest BCUT2D eigenvalue weighted by atomic mass is 10.5. The molecule has 0 unspecified atom stereocenters. The molecule has 0 aliphatic rings. The van der Waals surface area contributed by atoms with Crippen molar-refractivity contribution in [2.24, 2.45) is 0 Å². The van der Waals surface area contributed by atoms with Gasteiger partial charge < -0.3 is 10.1 Å². The minimum absolute atomic E-state index is 0.800. The van der Waals surface area contributed by atoms with E-state index in [2.05, 4.69) is 22.2 Å². The number of ether oxygens (including phenoxy) is 1. The highest BCUT2D eigenvalue weighted by atomic mass is 32.2. The first-order valence-corrected chi connectivity index (χ1v) is 6.53. The Kier molecular flexibility index (Phi) is 6.92. The van der Waals surface area contributed by atoms with Gasteiger partial charge in [0, 0.05) is 26.0 Å². The molecule has 4 nitrogen and oxygen atoms in total. The molecule has 0 spiro atoms. The topological polar surface area (TPSA) is 47.0 Å². The molecule has 0 aliphatic heterocycles. The summed E-state index contributed by atoms with van der Waals surface area (Å²) in [7, 11) is 1.72. The Balaban J connectivity index is 2.35. The minimum atomic E-state index is 0.800. The molecule has 16 heavy (non-hydrogen) atoms. The molecular weight excluding hydrogens is 222 g/mol. The van der Waals surface area contributed by atoms with Crippen molar-refractivity contribution in [3.05, 3.63) is 12.4 Å². The average Bonchev–Trinajstić information content (AvgIpc) is 2.33. The summed E-state index contributed by atoms with van der Waals surface area (Å²) < 4.78 is 4.99. The van der Waals surface area contributed by atoms with Crippen LogP contribution in [0, 0.1) is 0 Å². The maximum Gasteiger partial charge on any atom is 0.145 e. The van der Waals surface area contributed by atoms with E-state index in [0.29, 0.717) is 0 Å². The van der Waals surface area contributed by atoms with Crippen LogP contribution in [0.15, 0.2) is 17.4 Å². The quantitative estimate of drug-likeness (QED) is 0.559. The summed E-state index contributed by atoms with van der Waals surface area (Å²) in [4.78, 5) is 8.62. The normalized spacial score (nSPS) is 10.4. The molecule has 0 atom stereocenters. The van der Waals surface area contributed by atoms with Crippen LogP contribution < -0.4 is 5.32 Å². The Hall–Kier alpha value is -0.810. The van der Waals surface area contributed by atoms with Gasteiger partial charge in [-0.2, -0.15) is 0 Å². The number of anilines is 1. The van der Waals surface area contributed by atoms with E-state index in [0.717, 1.165) is 42.6 Å². The summed E-state index contributed by atoms with van der Waals surface area (Å²) in [6.07, 6.45) is 5.69. The van der Waals surface area contributed by atoms with Crippen LogP contribution in [0.1, 0.15) is 19.8 Å². The molecule has 0 saturated heterocycles. The van der Waals surface area contributed by atoms with Gasteiger partial charge in [0.05, 0.1) is 12.4 Å². The zero-order valence-corrected chi connectivity index (χ0v) is 10.7. The highest BCUT2D eigenvalue weighted by Gasteiger charge is 1.98. The molecule has 1 rings (SSSR count). The van der Waals surface area contributed by atoms with Crippen LogP contribution >= 0.6 is 11.8 Å². The van der Waals surface area contributed by atoms with Gasteiger partial charge in [0.15, 0.2) is 0 Å². The van der Waals surface area contributed by atoms with Crippen LogP contribution in [0.5, 0.6) is 0 Å². The van der Waals surface area contributed by atoms with E-state index in [4.69, 9.17) is 4.74 Å². The first-order valence-electron chi connectivity index (χ1n) is 5.54. The largest absolute Gasteiger partial charge is 0.385 e. The van der Waals surface area contributed by atoms with Crippen LogP contribution in [0.25, 0.3) is 0 Å². The molecule has 0 radical (unpaired) electrons. The van der Waals surface area contributed by atoms with Crippen molar-refractivity contribution in [1.82, 2.24) is 9.97 Å². The van der Waals surface area contributed by atoms with Gasteiger partial charge in [-0.05, 0) is 12.8 Å². The Labute approximate surface area is 101 Å². The predicted octanol–water partition coefficient (Wildman–Crippen LogP) is 2.43. The van der Waals surface area contributed by atoms with Gasteiger partial charge in [0.25, 0.3) is 0 Å². The SMILES string of the molecule is CCCNc1cncc(SCCCOC)n1. The third-order valence-corrected chi connectivity index (χ3v) is 2.90. The summed E-state index contributed by atoms with van der Waals surface area (Å²) in [6.45, 7) is 3.87. The highest BCUT2D eigenvalue weighted by molar-refractivity contribution is 7.99. The van der Waals surface area contributed by atoms with Crippen molar-refractivity contribution < 1.29 is 4.74 Å². The molecule has 1 aromatic rings. The molecular formula is C11H19N3OS. The predicted molar refractivity (Wildman–Crippen MR) is 68.0 cm³/mol. The van der Waals surface area contributed by atoms with Gasteiger partial charge in [-0.1, -0.05) is 6.92 Å². The van der Waals surface area contributed by atoms with Crippen molar-refractivity contribution >= 4 is 17.6 Å². The van der Waals surface area contributed by atoms with E-state index in [1.807, 2.05) is 0 Å². The highest BCUT2D eigenvalue weighted by Crippen LogP contribution is 2.16. The fourth-order valence-corrected chi connectivity index (χ4v) is 1.91. The number of hydrogen-bond donors (Lipinski definition) is 1. The average molecular weight is 241 g/mol. The second kappa shape index (κ2) is 8.35. The summed E-state index contributed by atoms with van der Waals surface area (Å²) in [6, 6.07) is 0. The van der Waals surface area contributed by atoms with Crippen LogP contribution in [-0.2, 0) is 4.74 Å². The molecule has 5 heteroatoms. The lowest BCUT2D eigenvalue weighted by molar-refractivity contribution is 0.200. The molecule has 0 aliphatic carbocycles. The Morgan fingerprint density at radius 1 is 1.44 bits per heavy atom. The molecule has 1 N–H and O–H groups in total. The first-order chi connectivity index (χ1) is 7.86. The fourth-order valence-electron chi connectivity index (χ4n) is 1.14. The van der Waals surface area contributed by atoms with E-state index in [-0.39, 0.29) is 0 Å². The van der Waals surface area contributed by atoms with Gasteiger partial charge in [-0.15, -0.1) is 11.8 Å². The monoisotopic (exact) mass is 241 g/mol. The van der Waals surface area contributed by atoms with Crippen LogP contribution in [0.3, 0.4) is 0 Å². The smallest absolute Gasteiger partial charge is 0.145 e. The van der Waals surface area contributed by atoms with E-state index < -0.39 is 0 Å². The molecule has 0 amide bonds. The minimum Gasteiger partial charge on any atom is -0.385 e. The van der Waals surface area contributed by atoms with E-state index in [1.165, 1.54) is 0 Å². The van der Waals surface area contributed by atoms with Crippen LogP contribution in [-0.4, -0.2) is 36.0 Å². The van der Waals surface area contributed by atoms with Crippen LogP contribution in [0.2, 0.25) is 0 Å². The first kappa shape index (κ1) is 13.3. The van der Waals surface area contributed by atoms with Crippen LogP contribution in [0.4, 0.5) is 5.82 Å². The molecule has 0 fully saturated rings. The van der Waals surface area contributed by atoms with Gasteiger partial charge in [0.2, 0.25) is 0 Å². The maximum atomic E-state index is 4.99. The number of rotatable bonds is 8. The molecule has 0 saturated carbocycles. The number of thioether (sulfide) groups is 1. The van der Waals surface area contributed by atoms with Crippen molar-refractivity contribution in [1.29, 1.82) is 0 Å². The number of methoxy groups -OCH3 is 1. The summed E-state index contributed by atoms with van der Waals surface area (Å²) in [5.41, 5.74) is 0. The third-order valence-electron chi connectivity index (χ3n) is 1.91. The van der Waals surface area contributed by atoms with Gasteiger partial charge in [0.1, 0.15) is 10.8 Å². The summed E-state index contributed by atoms with van der Waals surface area (Å²) in [5, 5.41) is 4.19. The van der Waals surface area contributed by atoms with Gasteiger partial charge in [-0.3, -0.25) is 4.98 Å². The Bertz CT molecular complexity index is 296. The fraction of sp³-hybridized carbons (Fsp3) is 0.636. The zero-order chi connectivity index (χ0) is 11.6. The molecule has 90 valence electrons. The van der Waals surface area contributed by atoms with E-state index in [9.17, 15) is 0 Å². The van der Waals surface area contributed by atoms with E-state index >= 15 is 0 Å². The number of aromatic nitrogens is 2. The van der Waals surface area contributed by atoms with Crippen molar-refractivity contribution in [2.45, 2.75) is 24.8 Å². The molecule has 0 aromatic carbocycles.